The number of amides is 5. The second kappa shape index (κ2) is 18.1. The number of nitrogens with one attached hydrogen (secondary N) is 2. The topological polar surface area (TPSA) is 223 Å². The van der Waals surface area contributed by atoms with Crippen LogP contribution in [-0.2, 0) is 30.3 Å². The quantitative estimate of drug-likeness (QED) is 0.125. The number of nitrogens with zero attached hydrogens (tertiary/aromatic N) is 8. The van der Waals surface area contributed by atoms with Crippen LogP contribution >= 0.6 is 11.6 Å². The summed E-state index contributed by atoms with van der Waals surface area (Å²) in [6, 6.07) is 16.1. The molecule has 0 unspecified atom stereocenters. The van der Waals surface area contributed by atoms with Crippen molar-refractivity contribution in [2.45, 2.75) is 84.2 Å². The third-order valence-corrected chi connectivity index (χ3v) is 10.6. The van der Waals surface area contributed by atoms with Gasteiger partial charge in [-0.15, -0.1) is 5.10 Å². The Morgan fingerprint density at radius 3 is 2.16 bits per heavy atom. The lowest BCUT2D eigenvalue weighted by atomic mass is 10.0. The molecular weight excluding hydrogens is 848 g/mol. The summed E-state index contributed by atoms with van der Waals surface area (Å²) in [5.74, 6) is -3.25. The Balaban J connectivity index is 1.18. The summed E-state index contributed by atoms with van der Waals surface area (Å²) in [6.07, 6.45) is 1.05. The predicted octanol–water partition coefficient (Wildman–Crippen LogP) is 5.42. The number of urea groups is 1. The van der Waals surface area contributed by atoms with Crippen molar-refractivity contribution in [3.8, 4) is 5.69 Å². The minimum atomic E-state index is -1.23. The van der Waals surface area contributed by atoms with Crippen LogP contribution in [0.5, 0.6) is 0 Å². The molecule has 2 fully saturated rings. The van der Waals surface area contributed by atoms with Crippen LogP contribution in [0.3, 0.4) is 0 Å². The second-order valence-electron chi connectivity index (χ2n) is 17.5. The molecule has 0 radical (unpaired) electrons. The van der Waals surface area contributed by atoms with E-state index in [1.165, 1.54) is 32.9 Å². The smallest absolute Gasteiger partial charge is 0.419 e. The first-order valence-corrected chi connectivity index (χ1v) is 21.0. The zero-order chi connectivity index (χ0) is 46.1. The number of halogens is 1. The summed E-state index contributed by atoms with van der Waals surface area (Å²) in [4.78, 5) is 86.7. The van der Waals surface area contributed by atoms with Gasteiger partial charge >= 0.3 is 29.9 Å². The van der Waals surface area contributed by atoms with E-state index in [0.717, 1.165) is 4.57 Å². The van der Waals surface area contributed by atoms with Crippen molar-refractivity contribution in [2.75, 3.05) is 41.7 Å². The first kappa shape index (κ1) is 45.2. The van der Waals surface area contributed by atoms with Gasteiger partial charge in [0.15, 0.2) is 0 Å². The molecule has 0 saturated carbocycles. The molecule has 0 bridgehead atoms. The van der Waals surface area contributed by atoms with Crippen molar-refractivity contribution in [1.82, 2.24) is 34.6 Å². The van der Waals surface area contributed by atoms with Gasteiger partial charge in [-0.05, 0) is 125 Å². The summed E-state index contributed by atoms with van der Waals surface area (Å²) in [6.45, 7) is 11.0. The van der Waals surface area contributed by atoms with Crippen molar-refractivity contribution >= 4 is 75.4 Å². The van der Waals surface area contributed by atoms with Gasteiger partial charge in [0, 0.05) is 54.4 Å². The standard InChI is InChI=1S/C44H49ClN10O9/c1-43(2,3)63-40(60)36-23-27-22-30(12-14-32(27)55(36)42(62)64-44(4,5)6)47-37(57)35(21-26-7-10-29(11-8-26)48-41(61)51-17-15-31(56)16-18-51)53-20-19-52(38(58)39(53)59)34-24-28(45)9-13-33(34)54-25-46-49-50-54/h7-14,22-25,31,35,56H,15-21H2,1-6H3,(H,47,57)(H,48,61)/t35-/m0/s1. The average Bonchev–Trinajstić information content (AvgIpc) is 3.90. The Hall–Kier alpha value is -6.86. The number of anilines is 3. The number of benzene rings is 3. The number of piperazine rings is 1. The Bertz CT molecular complexity index is 2590. The number of ether oxygens (including phenoxy) is 2. The molecule has 2 aliphatic heterocycles. The molecule has 2 aromatic heterocycles. The van der Waals surface area contributed by atoms with Crippen LogP contribution in [0, 0.1) is 0 Å². The maximum absolute atomic E-state index is 14.5. The number of hydrogen-bond acceptors (Lipinski definition) is 12. The lowest BCUT2D eigenvalue weighted by molar-refractivity contribution is -0.149. The molecule has 1 atom stereocenters. The van der Waals surface area contributed by atoms with Crippen LogP contribution in [0.15, 0.2) is 73.1 Å². The molecule has 3 N–H and O–H groups in total. The summed E-state index contributed by atoms with van der Waals surface area (Å²) in [7, 11) is 0. The zero-order valence-corrected chi connectivity index (χ0v) is 37.0. The Labute approximate surface area is 373 Å². The minimum absolute atomic E-state index is 0.0140. The monoisotopic (exact) mass is 896 g/mol. The van der Waals surface area contributed by atoms with Crippen molar-refractivity contribution in [2.24, 2.45) is 0 Å². The fourth-order valence-electron chi connectivity index (χ4n) is 7.42. The van der Waals surface area contributed by atoms with Crippen molar-refractivity contribution in [3.63, 3.8) is 0 Å². The number of aromatic nitrogens is 5. The maximum Gasteiger partial charge on any atom is 0.419 e. The van der Waals surface area contributed by atoms with E-state index in [1.807, 2.05) is 0 Å². The number of likely N-dealkylation sites (tertiary alicyclic amines) is 1. The third kappa shape index (κ3) is 10.3. The number of hydrogen-bond donors (Lipinski definition) is 3. The van der Waals surface area contributed by atoms with Gasteiger partial charge in [0.1, 0.15) is 29.3 Å². The van der Waals surface area contributed by atoms with E-state index in [4.69, 9.17) is 21.1 Å². The van der Waals surface area contributed by atoms with Gasteiger partial charge in [-0.1, -0.05) is 23.7 Å². The predicted molar refractivity (Wildman–Crippen MR) is 235 cm³/mol. The van der Waals surface area contributed by atoms with E-state index in [0.29, 0.717) is 58.8 Å². The van der Waals surface area contributed by atoms with Gasteiger partial charge in [0.05, 0.1) is 23.0 Å². The molecule has 5 amide bonds. The molecule has 4 heterocycles. The van der Waals surface area contributed by atoms with Crippen LogP contribution in [0.25, 0.3) is 16.6 Å². The first-order chi connectivity index (χ1) is 30.2. The van der Waals surface area contributed by atoms with E-state index in [-0.39, 0.29) is 42.6 Å². The zero-order valence-electron chi connectivity index (χ0n) is 36.2. The molecule has 5 aromatic rings. The molecule has 0 spiro atoms. The molecule has 3 aromatic carbocycles. The number of tetrazole rings is 1. The molecular formula is C44H49ClN10O9. The number of aliphatic hydroxyl groups is 1. The van der Waals surface area contributed by atoms with Crippen LogP contribution in [0.4, 0.5) is 26.7 Å². The van der Waals surface area contributed by atoms with Crippen LogP contribution in [0.1, 0.15) is 70.4 Å². The largest absolute Gasteiger partial charge is 0.455 e. The molecule has 64 heavy (non-hydrogen) atoms. The highest BCUT2D eigenvalue weighted by molar-refractivity contribution is 6.41. The van der Waals surface area contributed by atoms with Gasteiger partial charge in [0.25, 0.3) is 0 Å². The number of fused-ring (bicyclic) bond motifs is 1. The van der Waals surface area contributed by atoms with Gasteiger partial charge in [-0.25, -0.2) is 19.0 Å². The van der Waals surface area contributed by atoms with E-state index < -0.39 is 53.1 Å². The molecule has 2 aliphatic rings. The maximum atomic E-state index is 14.5. The number of carbonyl (C=O) groups is 6. The molecule has 20 heteroatoms. The van der Waals surface area contributed by atoms with Crippen LogP contribution < -0.4 is 15.5 Å². The summed E-state index contributed by atoms with van der Waals surface area (Å²) < 4.78 is 13.7. The highest BCUT2D eigenvalue weighted by atomic mass is 35.5. The number of aliphatic hydroxyl groups excluding tert-OH is 1. The molecule has 336 valence electrons. The molecule has 2 saturated heterocycles. The SMILES string of the molecule is CC(C)(C)OC(=O)c1cc2cc(NC(=O)[C@H](Cc3ccc(NC(=O)N4CCC(O)CC4)cc3)N3CCN(c4cc(Cl)ccc4-n4cnnn4)C(=O)C3=O)ccc2n1C(=O)OC(C)(C)C. The van der Waals surface area contributed by atoms with Gasteiger partial charge in [0.2, 0.25) is 5.91 Å². The fraction of sp³-hybridized carbons (Fsp3) is 0.386. The highest BCUT2D eigenvalue weighted by Crippen LogP contribution is 2.31. The average molecular weight is 897 g/mol. The van der Waals surface area contributed by atoms with E-state index in [2.05, 4.69) is 26.2 Å². The number of rotatable bonds is 9. The molecule has 19 nitrogen and oxygen atoms in total. The lowest BCUT2D eigenvalue weighted by Gasteiger charge is -2.38. The molecule has 0 aliphatic carbocycles. The van der Waals surface area contributed by atoms with Gasteiger partial charge < -0.3 is 39.9 Å². The number of carbonyl (C=O) groups excluding carboxylic acids is 6. The van der Waals surface area contributed by atoms with Crippen LogP contribution in [0.2, 0.25) is 5.02 Å². The van der Waals surface area contributed by atoms with Gasteiger partial charge in [-0.2, -0.15) is 4.68 Å². The van der Waals surface area contributed by atoms with E-state index >= 15 is 0 Å². The summed E-state index contributed by atoms with van der Waals surface area (Å²) in [5, 5.41) is 27.6. The Morgan fingerprint density at radius 2 is 1.50 bits per heavy atom. The first-order valence-electron chi connectivity index (χ1n) is 20.7. The number of esters is 1. The summed E-state index contributed by atoms with van der Waals surface area (Å²) >= 11 is 6.35. The van der Waals surface area contributed by atoms with E-state index in [1.54, 1.807) is 101 Å². The number of piperidine rings is 1. The minimum Gasteiger partial charge on any atom is -0.455 e. The Kier molecular flexibility index (Phi) is 12.8. The van der Waals surface area contributed by atoms with Gasteiger partial charge in [-0.3, -0.25) is 14.4 Å². The van der Waals surface area contributed by atoms with Crippen molar-refractivity contribution < 1.29 is 43.3 Å². The van der Waals surface area contributed by atoms with Crippen molar-refractivity contribution in [3.05, 3.63) is 89.3 Å². The van der Waals surface area contributed by atoms with Crippen molar-refractivity contribution in [1.29, 1.82) is 0 Å². The normalized spacial score (nSPS) is 15.6. The highest BCUT2D eigenvalue weighted by Gasteiger charge is 2.41. The summed E-state index contributed by atoms with van der Waals surface area (Å²) in [5.41, 5.74) is 0.539. The molecule has 7 rings (SSSR count). The van der Waals surface area contributed by atoms with E-state index in [9.17, 15) is 33.9 Å². The fourth-order valence-corrected chi connectivity index (χ4v) is 7.59. The second-order valence-corrected chi connectivity index (χ2v) is 18.0. The third-order valence-electron chi connectivity index (χ3n) is 10.4. The Morgan fingerprint density at radius 1 is 0.812 bits per heavy atom. The lowest BCUT2D eigenvalue weighted by Crippen LogP contribution is -2.60. The van der Waals surface area contributed by atoms with Crippen LogP contribution in [-0.4, -0.2) is 125 Å².